The lowest BCUT2D eigenvalue weighted by atomic mass is 10.1. The molecule has 0 radical (unpaired) electrons. The quantitative estimate of drug-likeness (QED) is 0.492. The van der Waals surface area contributed by atoms with E-state index in [4.69, 9.17) is 9.84 Å². The van der Waals surface area contributed by atoms with E-state index >= 15 is 0 Å². The molecule has 3 N–H and O–H groups in total. The third kappa shape index (κ3) is 2.17. The topological polar surface area (TPSA) is 69.9 Å². The molecule has 0 aliphatic carbocycles. The Kier molecular flexibility index (Phi) is 3.46. The smallest absolute Gasteiger partial charge is 0.109 e. The van der Waals surface area contributed by atoms with Crippen LogP contribution in [0.5, 0.6) is 0 Å². The van der Waals surface area contributed by atoms with Gasteiger partial charge >= 0.3 is 0 Å². The molecule has 0 spiro atoms. The van der Waals surface area contributed by atoms with Crippen LogP contribution in [-0.2, 0) is 4.74 Å². The SMILES string of the molecule is CC1CC[C@H](O)[C@H](O)C(CO)O1. The number of hydrogen-bond donors (Lipinski definition) is 3. The van der Waals surface area contributed by atoms with Crippen molar-refractivity contribution < 1.29 is 20.1 Å². The van der Waals surface area contributed by atoms with Gasteiger partial charge in [-0.3, -0.25) is 0 Å². The van der Waals surface area contributed by atoms with Gasteiger partial charge in [-0.25, -0.2) is 0 Å². The minimum atomic E-state index is -0.958. The van der Waals surface area contributed by atoms with Gasteiger partial charge in [0.05, 0.1) is 18.8 Å². The van der Waals surface area contributed by atoms with E-state index in [-0.39, 0.29) is 12.7 Å². The second-order valence-electron chi connectivity index (χ2n) is 3.30. The first kappa shape index (κ1) is 9.92. The van der Waals surface area contributed by atoms with Crippen LogP contribution in [0.15, 0.2) is 0 Å². The van der Waals surface area contributed by atoms with Crippen molar-refractivity contribution in [2.75, 3.05) is 6.61 Å². The average Bonchev–Trinajstić information content (AvgIpc) is 2.18. The summed E-state index contributed by atoms with van der Waals surface area (Å²) in [5.41, 5.74) is 0. The molecule has 72 valence electrons. The summed E-state index contributed by atoms with van der Waals surface area (Å²) in [7, 11) is 0. The van der Waals surface area contributed by atoms with Gasteiger partial charge in [0.15, 0.2) is 0 Å². The maximum absolute atomic E-state index is 9.40. The zero-order valence-corrected chi connectivity index (χ0v) is 7.18. The molecule has 1 aliphatic heterocycles. The first-order chi connectivity index (χ1) is 5.65. The first-order valence-corrected chi connectivity index (χ1v) is 4.27. The molecule has 4 heteroatoms. The second-order valence-corrected chi connectivity index (χ2v) is 3.30. The van der Waals surface area contributed by atoms with Crippen molar-refractivity contribution in [1.82, 2.24) is 0 Å². The van der Waals surface area contributed by atoms with E-state index in [1.54, 1.807) is 0 Å². The molecule has 0 amide bonds. The van der Waals surface area contributed by atoms with Crippen LogP contribution in [0, 0.1) is 0 Å². The van der Waals surface area contributed by atoms with Crippen LogP contribution >= 0.6 is 0 Å². The Hall–Kier alpha value is -0.160. The third-order valence-corrected chi connectivity index (χ3v) is 2.23. The molecule has 0 aromatic carbocycles. The predicted molar refractivity (Wildman–Crippen MR) is 42.7 cm³/mol. The maximum Gasteiger partial charge on any atom is 0.109 e. The molecule has 4 nitrogen and oxygen atoms in total. The first-order valence-electron chi connectivity index (χ1n) is 4.27. The van der Waals surface area contributed by atoms with Gasteiger partial charge in [-0.2, -0.15) is 0 Å². The average molecular weight is 176 g/mol. The Morgan fingerprint density at radius 3 is 2.58 bits per heavy atom. The highest BCUT2D eigenvalue weighted by molar-refractivity contribution is 4.80. The monoisotopic (exact) mass is 176 g/mol. The lowest BCUT2D eigenvalue weighted by molar-refractivity contribution is -0.107. The highest BCUT2D eigenvalue weighted by Crippen LogP contribution is 2.18. The van der Waals surface area contributed by atoms with Crippen molar-refractivity contribution >= 4 is 0 Å². The Morgan fingerprint density at radius 2 is 2.00 bits per heavy atom. The molecule has 1 rings (SSSR count). The van der Waals surface area contributed by atoms with E-state index in [9.17, 15) is 10.2 Å². The molecule has 0 aromatic heterocycles. The molecule has 0 aromatic rings. The standard InChI is InChI=1S/C8H16O4/c1-5-2-3-6(10)8(11)7(4-9)12-5/h5-11H,2-4H2,1H3/t5?,6-,7?,8-/m0/s1. The van der Waals surface area contributed by atoms with Crippen molar-refractivity contribution in [3.05, 3.63) is 0 Å². The lowest BCUT2D eigenvalue weighted by Gasteiger charge is -2.22. The predicted octanol–water partition coefficient (Wildman–Crippen LogP) is -0.732. The minimum absolute atomic E-state index is 0.00560. The van der Waals surface area contributed by atoms with Gasteiger partial charge in [0.25, 0.3) is 0 Å². The van der Waals surface area contributed by atoms with Gasteiger partial charge in [-0.1, -0.05) is 0 Å². The van der Waals surface area contributed by atoms with Crippen LogP contribution < -0.4 is 0 Å². The summed E-state index contributed by atoms with van der Waals surface area (Å²) in [5.74, 6) is 0. The van der Waals surface area contributed by atoms with Gasteiger partial charge in [-0.15, -0.1) is 0 Å². The molecule has 12 heavy (non-hydrogen) atoms. The van der Waals surface area contributed by atoms with Crippen molar-refractivity contribution in [2.45, 2.75) is 44.2 Å². The largest absolute Gasteiger partial charge is 0.394 e. The fourth-order valence-corrected chi connectivity index (χ4v) is 1.42. The van der Waals surface area contributed by atoms with E-state index in [0.717, 1.165) is 0 Å². The maximum atomic E-state index is 9.40. The van der Waals surface area contributed by atoms with Crippen LogP contribution in [0.1, 0.15) is 19.8 Å². The zero-order chi connectivity index (χ0) is 9.14. The Bertz CT molecular complexity index is 139. The molecular weight excluding hydrogens is 160 g/mol. The molecular formula is C8H16O4. The van der Waals surface area contributed by atoms with Crippen LogP contribution in [0.2, 0.25) is 0 Å². The summed E-state index contributed by atoms with van der Waals surface area (Å²) in [6.07, 6.45) is -1.13. The summed E-state index contributed by atoms with van der Waals surface area (Å²) in [6.45, 7) is 1.62. The molecule has 4 atom stereocenters. The molecule has 1 fully saturated rings. The molecule has 0 bridgehead atoms. The van der Waals surface area contributed by atoms with Gasteiger partial charge in [0.2, 0.25) is 0 Å². The number of aliphatic hydroxyl groups excluding tert-OH is 3. The van der Waals surface area contributed by atoms with Crippen LogP contribution in [-0.4, -0.2) is 46.3 Å². The van der Waals surface area contributed by atoms with Crippen LogP contribution in [0.4, 0.5) is 0 Å². The van der Waals surface area contributed by atoms with E-state index in [1.807, 2.05) is 6.92 Å². The number of ether oxygens (including phenoxy) is 1. The molecule has 0 saturated carbocycles. The van der Waals surface area contributed by atoms with Gasteiger partial charge < -0.3 is 20.1 Å². The van der Waals surface area contributed by atoms with E-state index < -0.39 is 18.3 Å². The van der Waals surface area contributed by atoms with Gasteiger partial charge in [-0.05, 0) is 19.8 Å². The number of aliphatic hydroxyl groups is 3. The summed E-state index contributed by atoms with van der Waals surface area (Å²) in [6, 6.07) is 0. The Labute approximate surface area is 71.8 Å². The fraction of sp³-hybridized carbons (Fsp3) is 1.00. The summed E-state index contributed by atoms with van der Waals surface area (Å²) < 4.78 is 5.28. The minimum Gasteiger partial charge on any atom is -0.394 e. The Balaban J connectivity index is 2.58. The van der Waals surface area contributed by atoms with Crippen molar-refractivity contribution in [1.29, 1.82) is 0 Å². The van der Waals surface area contributed by atoms with Crippen LogP contribution in [0.25, 0.3) is 0 Å². The molecule has 1 saturated heterocycles. The highest BCUT2D eigenvalue weighted by atomic mass is 16.5. The molecule has 1 aliphatic rings. The van der Waals surface area contributed by atoms with Gasteiger partial charge in [0.1, 0.15) is 12.2 Å². The normalized spacial score (nSPS) is 44.0. The van der Waals surface area contributed by atoms with Crippen molar-refractivity contribution in [3.63, 3.8) is 0 Å². The summed E-state index contributed by atoms with van der Waals surface area (Å²) in [5, 5.41) is 27.6. The third-order valence-electron chi connectivity index (χ3n) is 2.23. The lowest BCUT2D eigenvalue weighted by Crippen LogP contribution is -2.39. The highest BCUT2D eigenvalue weighted by Gasteiger charge is 2.31. The fourth-order valence-electron chi connectivity index (χ4n) is 1.42. The second kappa shape index (κ2) is 4.18. The number of rotatable bonds is 1. The van der Waals surface area contributed by atoms with E-state index in [2.05, 4.69) is 0 Å². The van der Waals surface area contributed by atoms with Crippen molar-refractivity contribution in [2.24, 2.45) is 0 Å². The van der Waals surface area contributed by atoms with Crippen LogP contribution in [0.3, 0.4) is 0 Å². The molecule has 2 unspecified atom stereocenters. The Morgan fingerprint density at radius 1 is 1.33 bits per heavy atom. The number of hydrogen-bond acceptors (Lipinski definition) is 4. The zero-order valence-electron chi connectivity index (χ0n) is 7.18. The summed E-state index contributed by atoms with van der Waals surface area (Å²) in [4.78, 5) is 0. The van der Waals surface area contributed by atoms with E-state index in [1.165, 1.54) is 0 Å². The summed E-state index contributed by atoms with van der Waals surface area (Å²) >= 11 is 0. The van der Waals surface area contributed by atoms with Gasteiger partial charge in [0, 0.05) is 0 Å². The van der Waals surface area contributed by atoms with Crippen molar-refractivity contribution in [3.8, 4) is 0 Å². The van der Waals surface area contributed by atoms with E-state index in [0.29, 0.717) is 12.8 Å². The molecule has 1 heterocycles.